The van der Waals surface area contributed by atoms with Gasteiger partial charge in [0.2, 0.25) is 11.2 Å². The molecule has 0 bridgehead atoms. The number of fused-ring (bicyclic) bond motifs is 1. The van der Waals surface area contributed by atoms with Crippen LogP contribution in [0.5, 0.6) is 5.75 Å². The Balaban J connectivity index is 1.86. The van der Waals surface area contributed by atoms with E-state index < -0.39 is 28.9 Å². The van der Waals surface area contributed by atoms with Gasteiger partial charge in [-0.15, -0.1) is 0 Å². The summed E-state index contributed by atoms with van der Waals surface area (Å²) in [6, 6.07) is 16.1. The zero-order valence-electron chi connectivity index (χ0n) is 16.5. The molecule has 0 spiro atoms. The van der Waals surface area contributed by atoms with Crippen LogP contribution in [0.3, 0.4) is 0 Å². The number of alkyl halides is 3. The summed E-state index contributed by atoms with van der Waals surface area (Å²) in [7, 11) is 0. The molecule has 0 unspecified atom stereocenters. The highest BCUT2D eigenvalue weighted by Crippen LogP contribution is 2.39. The predicted molar refractivity (Wildman–Crippen MR) is 114 cm³/mol. The molecule has 0 amide bonds. The molecule has 162 valence electrons. The summed E-state index contributed by atoms with van der Waals surface area (Å²) in [4.78, 5) is 25.5. The van der Waals surface area contributed by atoms with Crippen LogP contribution >= 0.6 is 11.6 Å². The van der Waals surface area contributed by atoms with Crippen LogP contribution in [0.2, 0.25) is 5.02 Å². The van der Waals surface area contributed by atoms with Crippen molar-refractivity contribution in [1.29, 1.82) is 0 Å². The maximum atomic E-state index is 13.8. The zero-order chi connectivity index (χ0) is 23.0. The lowest BCUT2D eigenvalue weighted by Crippen LogP contribution is -2.16. The van der Waals surface area contributed by atoms with Gasteiger partial charge in [0.25, 0.3) is 0 Å². The second kappa shape index (κ2) is 8.16. The van der Waals surface area contributed by atoms with Crippen molar-refractivity contribution in [1.82, 2.24) is 0 Å². The average molecular weight is 459 g/mol. The first kappa shape index (κ1) is 21.6. The number of aryl methyl sites for hydroxylation is 1. The Morgan fingerprint density at radius 1 is 1.00 bits per heavy atom. The first-order valence-electron chi connectivity index (χ1n) is 9.37. The molecule has 3 aromatic carbocycles. The van der Waals surface area contributed by atoms with Gasteiger partial charge in [0.15, 0.2) is 0 Å². The number of carbonyl (C=O) groups excluding carboxylic acids is 1. The van der Waals surface area contributed by atoms with Gasteiger partial charge in [-0.1, -0.05) is 48.0 Å². The summed E-state index contributed by atoms with van der Waals surface area (Å²) in [5.74, 6) is -2.23. The van der Waals surface area contributed by atoms with Crippen molar-refractivity contribution in [2.45, 2.75) is 13.1 Å². The van der Waals surface area contributed by atoms with E-state index in [-0.39, 0.29) is 27.3 Å². The van der Waals surface area contributed by atoms with Gasteiger partial charge >= 0.3 is 12.1 Å². The van der Waals surface area contributed by atoms with Crippen LogP contribution in [0.25, 0.3) is 22.1 Å². The fourth-order valence-corrected chi connectivity index (χ4v) is 3.54. The van der Waals surface area contributed by atoms with E-state index in [1.54, 1.807) is 31.2 Å². The van der Waals surface area contributed by atoms with Crippen LogP contribution in [0.4, 0.5) is 13.2 Å². The Morgan fingerprint density at radius 3 is 2.38 bits per heavy atom. The number of benzene rings is 3. The Hall–Kier alpha value is -3.58. The highest BCUT2D eigenvalue weighted by atomic mass is 35.5. The van der Waals surface area contributed by atoms with E-state index in [2.05, 4.69) is 0 Å². The molecule has 0 aliphatic heterocycles. The van der Waals surface area contributed by atoms with Crippen molar-refractivity contribution in [3.8, 4) is 16.9 Å². The second-order valence-corrected chi connectivity index (χ2v) is 7.38. The Morgan fingerprint density at radius 2 is 1.69 bits per heavy atom. The molecule has 4 aromatic rings. The van der Waals surface area contributed by atoms with E-state index in [1.165, 1.54) is 36.4 Å². The zero-order valence-corrected chi connectivity index (χ0v) is 17.3. The number of rotatable bonds is 3. The van der Waals surface area contributed by atoms with Gasteiger partial charge in [-0.25, -0.2) is 4.79 Å². The SMILES string of the molecule is Cc1ccccc1C(=O)Oc1ccc2c(=O)c(-c3ccccc3Cl)c(C(F)(F)F)oc2c1. The standard InChI is InChI=1S/C24H14ClF3O4/c1-13-6-2-3-7-15(13)23(30)31-14-10-11-17-19(12-14)32-22(24(26,27)28)20(21(17)29)16-8-4-5-9-18(16)25/h2-12H,1H3. The first-order valence-corrected chi connectivity index (χ1v) is 9.75. The summed E-state index contributed by atoms with van der Waals surface area (Å²) in [5.41, 5.74) is -1.06. The van der Waals surface area contributed by atoms with Crippen LogP contribution in [0.1, 0.15) is 21.7 Å². The molecule has 4 rings (SSSR count). The van der Waals surface area contributed by atoms with E-state index in [9.17, 15) is 22.8 Å². The maximum absolute atomic E-state index is 13.8. The predicted octanol–water partition coefficient (Wildman–Crippen LogP) is 6.66. The Kier molecular flexibility index (Phi) is 5.52. The molecule has 8 heteroatoms. The van der Waals surface area contributed by atoms with Crippen LogP contribution in [0.15, 0.2) is 75.9 Å². The smallest absolute Gasteiger partial charge is 0.450 e. The summed E-state index contributed by atoms with van der Waals surface area (Å²) >= 11 is 6.05. The van der Waals surface area contributed by atoms with Crippen molar-refractivity contribution < 1.29 is 27.1 Å². The largest absolute Gasteiger partial charge is 0.450 e. The molecular formula is C24H14ClF3O4. The molecule has 4 nitrogen and oxygen atoms in total. The molecule has 0 saturated heterocycles. The summed E-state index contributed by atoms with van der Waals surface area (Å²) < 4.78 is 51.8. The highest BCUT2D eigenvalue weighted by molar-refractivity contribution is 6.33. The summed E-state index contributed by atoms with van der Waals surface area (Å²) in [5, 5.41) is -0.128. The number of carbonyl (C=O) groups is 1. The summed E-state index contributed by atoms with van der Waals surface area (Å²) in [6.07, 6.45) is -4.96. The van der Waals surface area contributed by atoms with E-state index in [0.717, 1.165) is 6.07 Å². The molecule has 0 saturated carbocycles. The van der Waals surface area contributed by atoms with Crippen molar-refractivity contribution in [2.75, 3.05) is 0 Å². The number of hydrogen-bond acceptors (Lipinski definition) is 4. The van der Waals surface area contributed by atoms with Gasteiger partial charge in [-0.05, 0) is 36.8 Å². The van der Waals surface area contributed by atoms with Gasteiger partial charge in [0, 0.05) is 16.7 Å². The van der Waals surface area contributed by atoms with Gasteiger partial charge in [-0.2, -0.15) is 13.2 Å². The van der Waals surface area contributed by atoms with Crippen molar-refractivity contribution in [3.63, 3.8) is 0 Å². The van der Waals surface area contributed by atoms with Crippen LogP contribution in [-0.4, -0.2) is 5.97 Å². The van der Waals surface area contributed by atoms with Gasteiger partial charge in [0.05, 0.1) is 16.5 Å². The number of hydrogen-bond donors (Lipinski definition) is 0. The van der Waals surface area contributed by atoms with Gasteiger partial charge in [-0.3, -0.25) is 4.79 Å². The lowest BCUT2D eigenvalue weighted by molar-refractivity contribution is -0.152. The molecule has 0 fully saturated rings. The molecule has 0 aliphatic carbocycles. The lowest BCUT2D eigenvalue weighted by Gasteiger charge is -2.14. The monoisotopic (exact) mass is 458 g/mol. The van der Waals surface area contributed by atoms with E-state index in [0.29, 0.717) is 11.1 Å². The van der Waals surface area contributed by atoms with Gasteiger partial charge < -0.3 is 9.15 Å². The molecule has 0 radical (unpaired) electrons. The van der Waals surface area contributed by atoms with E-state index >= 15 is 0 Å². The summed E-state index contributed by atoms with van der Waals surface area (Å²) in [6.45, 7) is 1.72. The molecule has 1 aromatic heterocycles. The molecule has 0 atom stereocenters. The molecule has 1 heterocycles. The fraction of sp³-hybridized carbons (Fsp3) is 0.0833. The molecule has 32 heavy (non-hydrogen) atoms. The molecular weight excluding hydrogens is 445 g/mol. The third-order valence-electron chi connectivity index (χ3n) is 4.84. The third-order valence-corrected chi connectivity index (χ3v) is 5.17. The topological polar surface area (TPSA) is 56.5 Å². The van der Waals surface area contributed by atoms with E-state index in [4.69, 9.17) is 20.8 Å². The molecule has 0 N–H and O–H groups in total. The second-order valence-electron chi connectivity index (χ2n) is 6.98. The lowest BCUT2D eigenvalue weighted by atomic mass is 10.0. The Labute approximate surface area is 184 Å². The van der Waals surface area contributed by atoms with Gasteiger partial charge in [0.1, 0.15) is 11.3 Å². The number of ether oxygens (including phenoxy) is 1. The van der Waals surface area contributed by atoms with Crippen molar-refractivity contribution in [3.05, 3.63) is 98.9 Å². The fourth-order valence-electron chi connectivity index (χ4n) is 3.31. The maximum Gasteiger partial charge on any atom is 0.450 e. The molecule has 0 aliphatic rings. The minimum atomic E-state index is -4.96. The van der Waals surface area contributed by atoms with Crippen LogP contribution in [0, 0.1) is 6.92 Å². The van der Waals surface area contributed by atoms with Crippen molar-refractivity contribution in [2.24, 2.45) is 0 Å². The number of esters is 1. The number of halogens is 4. The normalized spacial score (nSPS) is 11.5. The third kappa shape index (κ3) is 3.99. The van der Waals surface area contributed by atoms with Crippen LogP contribution < -0.4 is 10.2 Å². The quantitative estimate of drug-likeness (QED) is 0.254. The minimum absolute atomic E-state index is 0.0200. The minimum Gasteiger partial charge on any atom is -0.450 e. The highest BCUT2D eigenvalue weighted by Gasteiger charge is 2.39. The van der Waals surface area contributed by atoms with E-state index in [1.807, 2.05) is 0 Å². The average Bonchev–Trinajstić information content (AvgIpc) is 2.74. The first-order chi connectivity index (χ1) is 15.2. The van der Waals surface area contributed by atoms with Crippen LogP contribution in [-0.2, 0) is 6.18 Å². The Bertz CT molecular complexity index is 1410. The van der Waals surface area contributed by atoms with Crippen molar-refractivity contribution >= 4 is 28.5 Å².